The SMILES string of the molecule is CCc1nc2c(nc1-c1ccc(C(C)C)nc1OC)c(C)nn2C(CO)CO. The van der Waals surface area contributed by atoms with Crippen molar-refractivity contribution in [1.82, 2.24) is 24.7 Å². The van der Waals surface area contributed by atoms with E-state index in [0.29, 0.717) is 34.9 Å². The molecule has 0 aromatic carbocycles. The first kappa shape index (κ1) is 20.2. The molecule has 0 unspecified atom stereocenters. The summed E-state index contributed by atoms with van der Waals surface area (Å²) < 4.78 is 7.10. The smallest absolute Gasteiger partial charge is 0.222 e. The van der Waals surface area contributed by atoms with Gasteiger partial charge in [-0.25, -0.2) is 19.6 Å². The molecule has 0 aliphatic rings. The maximum atomic E-state index is 9.55. The number of methoxy groups -OCH3 is 1. The summed E-state index contributed by atoms with van der Waals surface area (Å²) in [6.45, 7) is 7.55. The third kappa shape index (κ3) is 3.45. The molecule has 0 aliphatic heterocycles. The number of aromatic nitrogens is 5. The molecular weight excluding hydrogens is 358 g/mol. The molecule has 3 aromatic rings. The Kier molecular flexibility index (Phi) is 5.90. The molecule has 0 atom stereocenters. The Balaban J connectivity index is 2.24. The monoisotopic (exact) mass is 385 g/mol. The van der Waals surface area contributed by atoms with Gasteiger partial charge in [-0.1, -0.05) is 20.8 Å². The van der Waals surface area contributed by atoms with Gasteiger partial charge in [0, 0.05) is 5.69 Å². The van der Waals surface area contributed by atoms with Gasteiger partial charge in [0.05, 0.1) is 43.0 Å². The Labute approximate surface area is 164 Å². The minimum atomic E-state index is -0.553. The van der Waals surface area contributed by atoms with E-state index < -0.39 is 6.04 Å². The third-order valence-corrected chi connectivity index (χ3v) is 4.79. The molecule has 28 heavy (non-hydrogen) atoms. The van der Waals surface area contributed by atoms with E-state index in [1.807, 2.05) is 26.0 Å². The Bertz CT molecular complexity index is 980. The molecule has 3 aromatic heterocycles. The van der Waals surface area contributed by atoms with Gasteiger partial charge in [0.1, 0.15) is 11.6 Å². The maximum absolute atomic E-state index is 9.55. The standard InChI is InChI=1S/C20H27N5O3/c1-6-15-18(14-7-8-16(11(2)3)22-20(14)28-5)23-17-12(4)24-25(19(17)21-15)13(9-26)10-27/h7-8,11,13,26-27H,6,9-10H2,1-5H3. The molecule has 2 N–H and O–H groups in total. The van der Waals surface area contributed by atoms with Crippen LogP contribution in [0.2, 0.25) is 0 Å². The second kappa shape index (κ2) is 8.20. The molecule has 0 saturated carbocycles. The van der Waals surface area contributed by atoms with Crippen molar-refractivity contribution in [1.29, 1.82) is 0 Å². The first-order valence-electron chi connectivity index (χ1n) is 9.47. The molecule has 3 rings (SSSR count). The van der Waals surface area contributed by atoms with Crippen molar-refractivity contribution in [3.05, 3.63) is 29.2 Å². The molecular formula is C20H27N5O3. The lowest BCUT2D eigenvalue weighted by Crippen LogP contribution is -2.19. The van der Waals surface area contributed by atoms with Gasteiger partial charge < -0.3 is 14.9 Å². The molecule has 0 saturated heterocycles. The average Bonchev–Trinajstić information content (AvgIpc) is 3.03. The Morgan fingerprint density at radius 1 is 1.11 bits per heavy atom. The fourth-order valence-electron chi connectivity index (χ4n) is 3.16. The van der Waals surface area contributed by atoms with Gasteiger partial charge in [0.2, 0.25) is 5.88 Å². The first-order chi connectivity index (χ1) is 13.4. The van der Waals surface area contributed by atoms with Crippen molar-refractivity contribution in [3.63, 3.8) is 0 Å². The highest BCUT2D eigenvalue weighted by Gasteiger charge is 2.22. The van der Waals surface area contributed by atoms with Gasteiger partial charge in [-0.15, -0.1) is 0 Å². The summed E-state index contributed by atoms with van der Waals surface area (Å²) in [6, 6.07) is 3.40. The van der Waals surface area contributed by atoms with E-state index in [9.17, 15) is 10.2 Å². The highest BCUT2D eigenvalue weighted by Crippen LogP contribution is 2.33. The lowest BCUT2D eigenvalue weighted by atomic mass is 10.1. The Morgan fingerprint density at radius 3 is 2.39 bits per heavy atom. The van der Waals surface area contributed by atoms with E-state index in [1.54, 1.807) is 11.8 Å². The number of fused-ring (bicyclic) bond motifs is 1. The Morgan fingerprint density at radius 2 is 1.82 bits per heavy atom. The summed E-state index contributed by atoms with van der Waals surface area (Å²) in [5.41, 5.74) is 5.09. The quantitative estimate of drug-likeness (QED) is 0.643. The lowest BCUT2D eigenvalue weighted by Gasteiger charge is -2.15. The topological polar surface area (TPSA) is 106 Å². The molecule has 0 amide bonds. The van der Waals surface area contributed by atoms with Crippen LogP contribution >= 0.6 is 0 Å². The van der Waals surface area contributed by atoms with Gasteiger partial charge in [0.25, 0.3) is 0 Å². The number of hydrogen-bond acceptors (Lipinski definition) is 7. The van der Waals surface area contributed by atoms with Gasteiger partial charge in [-0.05, 0) is 31.4 Å². The number of nitrogens with zero attached hydrogens (tertiary/aromatic N) is 5. The summed E-state index contributed by atoms with van der Waals surface area (Å²) >= 11 is 0. The predicted molar refractivity (Wildman–Crippen MR) is 107 cm³/mol. The highest BCUT2D eigenvalue weighted by atomic mass is 16.5. The molecule has 8 heteroatoms. The van der Waals surface area contributed by atoms with Crippen molar-refractivity contribution in [2.24, 2.45) is 0 Å². The van der Waals surface area contributed by atoms with E-state index in [0.717, 1.165) is 17.0 Å². The highest BCUT2D eigenvalue weighted by molar-refractivity contribution is 5.79. The largest absolute Gasteiger partial charge is 0.480 e. The van der Waals surface area contributed by atoms with Crippen LogP contribution in [-0.2, 0) is 6.42 Å². The number of aliphatic hydroxyl groups is 2. The van der Waals surface area contributed by atoms with Crippen LogP contribution in [-0.4, -0.2) is 55.3 Å². The van der Waals surface area contributed by atoms with Gasteiger partial charge >= 0.3 is 0 Å². The molecule has 0 radical (unpaired) electrons. The van der Waals surface area contributed by atoms with E-state index in [-0.39, 0.29) is 19.1 Å². The van der Waals surface area contributed by atoms with Crippen LogP contribution in [0.3, 0.4) is 0 Å². The number of aryl methyl sites for hydroxylation is 2. The molecule has 0 bridgehead atoms. The first-order valence-corrected chi connectivity index (χ1v) is 9.47. The van der Waals surface area contributed by atoms with Crippen LogP contribution in [0.1, 0.15) is 49.8 Å². The second-order valence-corrected chi connectivity index (χ2v) is 7.04. The van der Waals surface area contributed by atoms with E-state index in [2.05, 4.69) is 23.9 Å². The van der Waals surface area contributed by atoms with Gasteiger partial charge in [0.15, 0.2) is 5.65 Å². The fourth-order valence-corrected chi connectivity index (χ4v) is 3.16. The van der Waals surface area contributed by atoms with E-state index >= 15 is 0 Å². The molecule has 0 fully saturated rings. The maximum Gasteiger partial charge on any atom is 0.222 e. The van der Waals surface area contributed by atoms with Crippen molar-refractivity contribution in [3.8, 4) is 17.1 Å². The fraction of sp³-hybridized carbons (Fsp3) is 0.500. The van der Waals surface area contributed by atoms with Crippen LogP contribution in [0, 0.1) is 6.92 Å². The Hall–Kier alpha value is -2.58. The van der Waals surface area contributed by atoms with Crippen LogP contribution in [0.25, 0.3) is 22.4 Å². The predicted octanol–water partition coefficient (Wildman–Crippen LogP) is 2.42. The van der Waals surface area contributed by atoms with Crippen LogP contribution in [0.4, 0.5) is 0 Å². The van der Waals surface area contributed by atoms with Crippen LogP contribution < -0.4 is 4.74 Å². The number of ether oxygens (including phenoxy) is 1. The minimum absolute atomic E-state index is 0.230. The molecule has 8 nitrogen and oxygen atoms in total. The molecule has 150 valence electrons. The second-order valence-electron chi connectivity index (χ2n) is 7.04. The zero-order valence-corrected chi connectivity index (χ0v) is 17.0. The molecule has 0 spiro atoms. The summed E-state index contributed by atoms with van der Waals surface area (Å²) in [5.74, 6) is 0.805. The number of pyridine rings is 1. The normalized spacial score (nSPS) is 11.8. The van der Waals surface area contributed by atoms with E-state index in [4.69, 9.17) is 14.7 Å². The lowest BCUT2D eigenvalue weighted by molar-refractivity contribution is 0.148. The minimum Gasteiger partial charge on any atom is -0.480 e. The number of rotatable bonds is 7. The third-order valence-electron chi connectivity index (χ3n) is 4.79. The van der Waals surface area contributed by atoms with Crippen molar-refractivity contribution in [2.45, 2.75) is 46.1 Å². The van der Waals surface area contributed by atoms with Gasteiger partial charge in [-0.3, -0.25) is 0 Å². The number of hydrogen-bond donors (Lipinski definition) is 2. The van der Waals surface area contributed by atoms with Crippen molar-refractivity contribution >= 4 is 11.2 Å². The van der Waals surface area contributed by atoms with Crippen LogP contribution in [0.5, 0.6) is 5.88 Å². The summed E-state index contributed by atoms with van der Waals surface area (Å²) in [4.78, 5) is 14.2. The summed E-state index contributed by atoms with van der Waals surface area (Å²) in [5, 5.41) is 23.6. The number of aliphatic hydroxyl groups excluding tert-OH is 2. The van der Waals surface area contributed by atoms with Gasteiger partial charge in [-0.2, -0.15) is 5.10 Å². The van der Waals surface area contributed by atoms with E-state index in [1.165, 1.54) is 0 Å². The molecule has 0 aliphatic carbocycles. The molecule has 3 heterocycles. The summed E-state index contributed by atoms with van der Waals surface area (Å²) in [7, 11) is 1.60. The summed E-state index contributed by atoms with van der Waals surface area (Å²) in [6.07, 6.45) is 0.653. The average molecular weight is 385 g/mol. The zero-order chi connectivity index (χ0) is 20.4. The zero-order valence-electron chi connectivity index (χ0n) is 17.0. The van der Waals surface area contributed by atoms with Crippen LogP contribution in [0.15, 0.2) is 12.1 Å². The van der Waals surface area contributed by atoms with Crippen molar-refractivity contribution < 1.29 is 14.9 Å². The van der Waals surface area contributed by atoms with Crippen molar-refractivity contribution in [2.75, 3.05) is 20.3 Å².